The first kappa shape index (κ1) is 16.0. The van der Waals surface area contributed by atoms with Gasteiger partial charge in [0, 0.05) is 41.5 Å². The van der Waals surface area contributed by atoms with E-state index in [1.807, 2.05) is 42.6 Å². The Kier molecular flexibility index (Phi) is 3.97. The number of hydrogen-bond donors (Lipinski definition) is 2. The standard InChI is InChI=1S/C21H16FN3O/c1-13(26)25-18-7-5-14(6-8-18)20-12-24-21-19(20)10-16(11-23-21)15-3-2-4-17(22)9-15/h2-12H,1H3,(H,23,24)(H,25,26). The summed E-state index contributed by atoms with van der Waals surface area (Å²) in [5.74, 6) is -0.376. The van der Waals surface area contributed by atoms with Crippen molar-refractivity contribution >= 4 is 22.6 Å². The fourth-order valence-corrected chi connectivity index (χ4v) is 3.00. The van der Waals surface area contributed by atoms with E-state index in [2.05, 4.69) is 15.3 Å². The van der Waals surface area contributed by atoms with E-state index in [4.69, 9.17) is 0 Å². The van der Waals surface area contributed by atoms with Crippen LogP contribution < -0.4 is 5.32 Å². The van der Waals surface area contributed by atoms with Crippen molar-refractivity contribution in [3.63, 3.8) is 0 Å². The van der Waals surface area contributed by atoms with Gasteiger partial charge in [-0.2, -0.15) is 0 Å². The Labute approximate surface area is 149 Å². The molecule has 1 amide bonds. The lowest BCUT2D eigenvalue weighted by atomic mass is 10.0. The minimum atomic E-state index is -0.273. The molecule has 0 spiro atoms. The van der Waals surface area contributed by atoms with Crippen LogP contribution in [-0.2, 0) is 4.79 Å². The van der Waals surface area contributed by atoms with Gasteiger partial charge in [-0.15, -0.1) is 0 Å². The van der Waals surface area contributed by atoms with Crippen LogP contribution in [-0.4, -0.2) is 15.9 Å². The summed E-state index contributed by atoms with van der Waals surface area (Å²) in [6.45, 7) is 1.48. The number of carbonyl (C=O) groups is 1. The van der Waals surface area contributed by atoms with Crippen molar-refractivity contribution in [1.82, 2.24) is 9.97 Å². The molecule has 26 heavy (non-hydrogen) atoms. The number of fused-ring (bicyclic) bond motifs is 1. The number of anilines is 1. The molecule has 0 fully saturated rings. The van der Waals surface area contributed by atoms with Crippen LogP contribution in [0.3, 0.4) is 0 Å². The van der Waals surface area contributed by atoms with E-state index < -0.39 is 0 Å². The Morgan fingerprint density at radius 3 is 2.58 bits per heavy atom. The monoisotopic (exact) mass is 345 g/mol. The van der Waals surface area contributed by atoms with Crippen molar-refractivity contribution in [2.24, 2.45) is 0 Å². The zero-order valence-electron chi connectivity index (χ0n) is 14.1. The van der Waals surface area contributed by atoms with Gasteiger partial charge in [-0.3, -0.25) is 4.79 Å². The maximum Gasteiger partial charge on any atom is 0.221 e. The highest BCUT2D eigenvalue weighted by Crippen LogP contribution is 2.31. The number of H-pyrrole nitrogens is 1. The number of aromatic nitrogens is 2. The molecule has 0 atom stereocenters. The predicted octanol–water partition coefficient (Wildman–Crippen LogP) is 4.99. The third-order valence-electron chi connectivity index (χ3n) is 4.21. The molecule has 2 aromatic heterocycles. The summed E-state index contributed by atoms with van der Waals surface area (Å²) in [7, 11) is 0. The van der Waals surface area contributed by atoms with Crippen LogP contribution in [0, 0.1) is 5.82 Å². The molecule has 0 aliphatic carbocycles. The first-order valence-corrected chi connectivity index (χ1v) is 8.21. The van der Waals surface area contributed by atoms with Gasteiger partial charge in [0.15, 0.2) is 0 Å². The van der Waals surface area contributed by atoms with Gasteiger partial charge in [0.05, 0.1) is 0 Å². The first-order chi connectivity index (χ1) is 12.6. The lowest BCUT2D eigenvalue weighted by Gasteiger charge is -2.05. The van der Waals surface area contributed by atoms with E-state index in [1.165, 1.54) is 19.1 Å². The van der Waals surface area contributed by atoms with Gasteiger partial charge in [0.1, 0.15) is 11.5 Å². The quantitative estimate of drug-likeness (QED) is 0.549. The Hall–Kier alpha value is -3.47. The molecule has 4 nitrogen and oxygen atoms in total. The van der Waals surface area contributed by atoms with Crippen LogP contribution in [0.25, 0.3) is 33.3 Å². The van der Waals surface area contributed by atoms with E-state index in [-0.39, 0.29) is 11.7 Å². The molecule has 0 bridgehead atoms. The van der Waals surface area contributed by atoms with Gasteiger partial charge >= 0.3 is 0 Å². The Bertz CT molecular complexity index is 1100. The van der Waals surface area contributed by atoms with E-state index >= 15 is 0 Å². The van der Waals surface area contributed by atoms with Crippen LogP contribution in [0.1, 0.15) is 6.92 Å². The summed E-state index contributed by atoms with van der Waals surface area (Å²) in [4.78, 5) is 18.8. The molecule has 0 unspecified atom stereocenters. The SMILES string of the molecule is CC(=O)Nc1ccc(-c2c[nH]c3ncc(-c4cccc(F)c4)cc23)cc1. The average Bonchev–Trinajstić information content (AvgIpc) is 3.05. The number of halogens is 1. The summed E-state index contributed by atoms with van der Waals surface area (Å²) in [5.41, 5.74) is 5.16. The van der Waals surface area contributed by atoms with Gasteiger partial charge in [0.2, 0.25) is 5.91 Å². The van der Waals surface area contributed by atoms with E-state index in [1.54, 1.807) is 12.3 Å². The van der Waals surface area contributed by atoms with Gasteiger partial charge < -0.3 is 10.3 Å². The fourth-order valence-electron chi connectivity index (χ4n) is 3.00. The van der Waals surface area contributed by atoms with Crippen LogP contribution in [0.2, 0.25) is 0 Å². The summed E-state index contributed by atoms with van der Waals surface area (Å²) in [6, 6.07) is 16.1. The second-order valence-electron chi connectivity index (χ2n) is 6.09. The molecule has 5 heteroatoms. The minimum Gasteiger partial charge on any atom is -0.346 e. The summed E-state index contributed by atoms with van der Waals surface area (Å²) >= 11 is 0. The topological polar surface area (TPSA) is 57.8 Å². The molecule has 0 radical (unpaired) electrons. The molecule has 0 aliphatic heterocycles. The summed E-state index contributed by atoms with van der Waals surface area (Å²) in [5, 5.41) is 3.71. The molecular formula is C21H16FN3O. The molecule has 128 valence electrons. The first-order valence-electron chi connectivity index (χ1n) is 8.21. The number of amides is 1. The Morgan fingerprint density at radius 2 is 1.85 bits per heavy atom. The number of pyridine rings is 1. The largest absolute Gasteiger partial charge is 0.346 e. The van der Waals surface area contributed by atoms with E-state index in [9.17, 15) is 9.18 Å². The van der Waals surface area contributed by atoms with Gasteiger partial charge in [-0.1, -0.05) is 24.3 Å². The van der Waals surface area contributed by atoms with Crippen molar-refractivity contribution in [1.29, 1.82) is 0 Å². The molecule has 4 rings (SSSR count). The molecule has 0 saturated heterocycles. The molecular weight excluding hydrogens is 329 g/mol. The number of carbonyl (C=O) groups excluding carboxylic acids is 1. The zero-order valence-corrected chi connectivity index (χ0v) is 14.1. The lowest BCUT2D eigenvalue weighted by molar-refractivity contribution is -0.114. The molecule has 0 aliphatic rings. The van der Waals surface area contributed by atoms with E-state index in [0.29, 0.717) is 0 Å². The highest BCUT2D eigenvalue weighted by Gasteiger charge is 2.10. The number of benzene rings is 2. The third kappa shape index (κ3) is 3.07. The maximum absolute atomic E-state index is 13.5. The lowest BCUT2D eigenvalue weighted by Crippen LogP contribution is -2.05. The fraction of sp³-hybridized carbons (Fsp3) is 0.0476. The molecule has 2 N–H and O–H groups in total. The van der Waals surface area contributed by atoms with Crippen molar-refractivity contribution in [2.45, 2.75) is 6.92 Å². The number of nitrogens with one attached hydrogen (secondary N) is 2. The third-order valence-corrected chi connectivity index (χ3v) is 4.21. The van der Waals surface area contributed by atoms with Crippen LogP contribution in [0.4, 0.5) is 10.1 Å². The van der Waals surface area contributed by atoms with Crippen LogP contribution in [0.15, 0.2) is 67.0 Å². The number of hydrogen-bond acceptors (Lipinski definition) is 2. The minimum absolute atomic E-state index is 0.103. The highest BCUT2D eigenvalue weighted by atomic mass is 19.1. The van der Waals surface area contributed by atoms with Crippen molar-refractivity contribution in [2.75, 3.05) is 5.32 Å². The maximum atomic E-state index is 13.5. The molecule has 0 saturated carbocycles. The molecule has 2 aromatic carbocycles. The summed E-state index contributed by atoms with van der Waals surface area (Å²) < 4.78 is 13.5. The van der Waals surface area contributed by atoms with Crippen molar-refractivity contribution in [3.05, 3.63) is 72.8 Å². The number of nitrogens with zero attached hydrogens (tertiary/aromatic N) is 1. The number of rotatable bonds is 3. The van der Waals surface area contributed by atoms with Crippen molar-refractivity contribution in [3.8, 4) is 22.3 Å². The molecule has 2 heterocycles. The second-order valence-corrected chi connectivity index (χ2v) is 6.09. The second kappa shape index (κ2) is 6.44. The zero-order chi connectivity index (χ0) is 18.1. The van der Waals surface area contributed by atoms with Crippen LogP contribution in [0.5, 0.6) is 0 Å². The van der Waals surface area contributed by atoms with Crippen LogP contribution >= 0.6 is 0 Å². The Balaban J connectivity index is 1.76. The van der Waals surface area contributed by atoms with E-state index in [0.717, 1.165) is 39.0 Å². The highest BCUT2D eigenvalue weighted by molar-refractivity contribution is 5.96. The van der Waals surface area contributed by atoms with Crippen molar-refractivity contribution < 1.29 is 9.18 Å². The predicted molar refractivity (Wildman–Crippen MR) is 101 cm³/mol. The Morgan fingerprint density at radius 1 is 1.04 bits per heavy atom. The normalized spacial score (nSPS) is 10.8. The summed E-state index contributed by atoms with van der Waals surface area (Å²) in [6.07, 6.45) is 3.64. The molecule has 4 aromatic rings. The smallest absolute Gasteiger partial charge is 0.221 e. The van der Waals surface area contributed by atoms with Gasteiger partial charge in [-0.25, -0.2) is 9.37 Å². The average molecular weight is 345 g/mol. The number of aromatic amines is 1. The van der Waals surface area contributed by atoms with Gasteiger partial charge in [-0.05, 0) is 41.5 Å². The van der Waals surface area contributed by atoms with Gasteiger partial charge in [0.25, 0.3) is 0 Å².